The molecule has 1 atom stereocenters. The molecule has 1 aromatic rings. The number of ether oxygens (including phenoxy) is 1. The van der Waals surface area contributed by atoms with E-state index >= 15 is 0 Å². The third kappa shape index (κ3) is 3.17. The predicted octanol–water partition coefficient (Wildman–Crippen LogP) is 1.44. The molecule has 1 saturated heterocycles. The molecule has 2 fully saturated rings. The van der Waals surface area contributed by atoms with Gasteiger partial charge in [-0.15, -0.1) is 0 Å². The molecule has 0 radical (unpaired) electrons. The molecule has 0 spiro atoms. The summed E-state index contributed by atoms with van der Waals surface area (Å²) in [6.45, 7) is 1.33. The van der Waals surface area contributed by atoms with Crippen molar-refractivity contribution in [3.63, 3.8) is 0 Å². The van der Waals surface area contributed by atoms with E-state index in [0.29, 0.717) is 30.3 Å². The van der Waals surface area contributed by atoms with Crippen LogP contribution in [0.4, 0.5) is 0 Å². The van der Waals surface area contributed by atoms with Crippen molar-refractivity contribution in [2.75, 3.05) is 20.2 Å². The molecule has 3 rings (SSSR count). The lowest BCUT2D eigenvalue weighted by Gasteiger charge is -2.15. The van der Waals surface area contributed by atoms with E-state index in [1.807, 2.05) is 4.90 Å². The van der Waals surface area contributed by atoms with Gasteiger partial charge in [-0.25, -0.2) is 0 Å². The Morgan fingerprint density at radius 3 is 2.95 bits per heavy atom. The van der Waals surface area contributed by atoms with Crippen LogP contribution in [0.5, 0.6) is 5.75 Å². The number of hydrogen-bond acceptors (Lipinski definition) is 3. The lowest BCUT2D eigenvalue weighted by molar-refractivity contribution is -0.128. The number of amides is 2. The number of nitrogens with one attached hydrogen (secondary N) is 1. The Labute approximate surface area is 124 Å². The molecule has 1 aromatic carbocycles. The molecule has 1 aliphatic heterocycles. The van der Waals surface area contributed by atoms with Gasteiger partial charge in [0.25, 0.3) is 5.91 Å². The van der Waals surface area contributed by atoms with Crippen molar-refractivity contribution < 1.29 is 14.3 Å². The summed E-state index contributed by atoms with van der Waals surface area (Å²) >= 11 is 0. The Balaban J connectivity index is 1.52. The first-order valence-electron chi connectivity index (χ1n) is 7.39. The molecule has 0 bridgehead atoms. The normalized spacial score (nSPS) is 21.5. The van der Waals surface area contributed by atoms with Crippen LogP contribution in [-0.2, 0) is 4.79 Å². The number of hydrogen-bond donors (Lipinski definition) is 1. The van der Waals surface area contributed by atoms with Gasteiger partial charge in [0.1, 0.15) is 5.75 Å². The van der Waals surface area contributed by atoms with Gasteiger partial charge in [-0.1, -0.05) is 6.07 Å². The first-order valence-corrected chi connectivity index (χ1v) is 7.39. The second kappa shape index (κ2) is 5.76. The quantitative estimate of drug-likeness (QED) is 0.892. The van der Waals surface area contributed by atoms with Crippen molar-refractivity contribution in [3.05, 3.63) is 29.8 Å². The number of rotatable bonds is 5. The van der Waals surface area contributed by atoms with E-state index in [2.05, 4.69) is 5.32 Å². The number of carbonyl (C=O) groups is 2. The highest BCUT2D eigenvalue weighted by Gasteiger charge is 2.39. The van der Waals surface area contributed by atoms with Crippen LogP contribution in [0.15, 0.2) is 24.3 Å². The maximum Gasteiger partial charge on any atom is 0.251 e. The molecule has 0 aromatic heterocycles. The molecule has 1 unspecified atom stereocenters. The Hall–Kier alpha value is -2.04. The third-order valence-electron chi connectivity index (χ3n) is 4.11. The van der Waals surface area contributed by atoms with E-state index in [0.717, 1.165) is 19.4 Å². The molecule has 21 heavy (non-hydrogen) atoms. The molecule has 2 amide bonds. The smallest absolute Gasteiger partial charge is 0.251 e. The molecular formula is C16H20N2O3. The summed E-state index contributed by atoms with van der Waals surface area (Å²) in [5.41, 5.74) is 0.581. The van der Waals surface area contributed by atoms with Gasteiger partial charge < -0.3 is 15.0 Å². The highest BCUT2D eigenvalue weighted by Crippen LogP contribution is 2.32. The molecule has 112 valence electrons. The maximum atomic E-state index is 12.1. The van der Waals surface area contributed by atoms with Crippen LogP contribution in [0, 0.1) is 5.92 Å². The molecule has 1 aliphatic carbocycles. The monoisotopic (exact) mass is 288 g/mol. The van der Waals surface area contributed by atoms with Crippen molar-refractivity contribution in [2.24, 2.45) is 5.92 Å². The molecule has 1 saturated carbocycles. The van der Waals surface area contributed by atoms with Crippen molar-refractivity contribution in [1.82, 2.24) is 10.2 Å². The first kappa shape index (κ1) is 13.9. The topological polar surface area (TPSA) is 58.6 Å². The summed E-state index contributed by atoms with van der Waals surface area (Å²) in [4.78, 5) is 25.9. The second-order valence-electron chi connectivity index (χ2n) is 5.79. The fourth-order valence-corrected chi connectivity index (χ4v) is 2.79. The average Bonchev–Trinajstić information content (AvgIpc) is 3.28. The van der Waals surface area contributed by atoms with Crippen molar-refractivity contribution in [2.45, 2.75) is 25.3 Å². The van der Waals surface area contributed by atoms with Crippen LogP contribution in [0.2, 0.25) is 0 Å². The largest absolute Gasteiger partial charge is 0.497 e. The number of likely N-dealkylation sites (tertiary alicyclic amines) is 1. The van der Waals surface area contributed by atoms with Crippen LogP contribution in [0.3, 0.4) is 0 Å². The zero-order valence-electron chi connectivity index (χ0n) is 12.2. The summed E-state index contributed by atoms with van der Waals surface area (Å²) < 4.78 is 5.11. The van der Waals surface area contributed by atoms with Crippen LogP contribution in [-0.4, -0.2) is 43.0 Å². The third-order valence-corrected chi connectivity index (χ3v) is 4.11. The molecule has 1 heterocycles. The fraction of sp³-hybridized carbons (Fsp3) is 0.500. The highest BCUT2D eigenvalue weighted by atomic mass is 16.5. The molecular weight excluding hydrogens is 268 g/mol. The minimum absolute atomic E-state index is 0.119. The number of nitrogens with zero attached hydrogens (tertiary/aromatic N) is 1. The van der Waals surface area contributed by atoms with Gasteiger partial charge >= 0.3 is 0 Å². The lowest BCUT2D eigenvalue weighted by Crippen LogP contribution is -2.32. The Bertz CT molecular complexity index is 554. The molecule has 2 aliphatic rings. The summed E-state index contributed by atoms with van der Waals surface area (Å²) in [5.74, 6) is 1.01. The zero-order valence-corrected chi connectivity index (χ0v) is 12.2. The minimum atomic E-state index is -0.119. The number of carbonyl (C=O) groups excluding carboxylic acids is 2. The molecule has 5 nitrogen and oxygen atoms in total. The second-order valence-corrected chi connectivity index (χ2v) is 5.79. The summed E-state index contributed by atoms with van der Waals surface area (Å²) in [6.07, 6.45) is 2.82. The van der Waals surface area contributed by atoms with E-state index in [9.17, 15) is 9.59 Å². The predicted molar refractivity (Wildman–Crippen MR) is 78.2 cm³/mol. The Morgan fingerprint density at radius 2 is 2.24 bits per heavy atom. The van der Waals surface area contributed by atoms with Gasteiger partial charge in [0.2, 0.25) is 5.91 Å². The molecule has 1 N–H and O–H groups in total. The minimum Gasteiger partial charge on any atom is -0.497 e. The van der Waals surface area contributed by atoms with Gasteiger partial charge in [0.15, 0.2) is 0 Å². The van der Waals surface area contributed by atoms with Crippen molar-refractivity contribution in [3.8, 4) is 5.75 Å². The number of methoxy groups -OCH3 is 1. The van der Waals surface area contributed by atoms with Crippen LogP contribution >= 0.6 is 0 Å². The van der Waals surface area contributed by atoms with Crippen molar-refractivity contribution >= 4 is 11.8 Å². The lowest BCUT2D eigenvalue weighted by atomic mass is 10.1. The van der Waals surface area contributed by atoms with Crippen LogP contribution in [0.1, 0.15) is 29.6 Å². The van der Waals surface area contributed by atoms with E-state index < -0.39 is 0 Å². The Kier molecular flexibility index (Phi) is 3.82. The van der Waals surface area contributed by atoms with Gasteiger partial charge in [-0.05, 0) is 31.0 Å². The SMILES string of the molecule is COc1cccc(C(=O)NCC2CC(=O)N(C3CC3)C2)c1. The number of benzene rings is 1. The summed E-state index contributed by atoms with van der Waals surface area (Å²) in [7, 11) is 1.58. The van der Waals surface area contributed by atoms with E-state index in [-0.39, 0.29) is 17.7 Å². The molecule has 5 heteroatoms. The average molecular weight is 288 g/mol. The Morgan fingerprint density at radius 1 is 1.43 bits per heavy atom. The van der Waals surface area contributed by atoms with Gasteiger partial charge in [-0.3, -0.25) is 9.59 Å². The highest BCUT2D eigenvalue weighted by molar-refractivity contribution is 5.94. The van der Waals surface area contributed by atoms with Gasteiger partial charge in [-0.2, -0.15) is 0 Å². The van der Waals surface area contributed by atoms with Crippen LogP contribution in [0.25, 0.3) is 0 Å². The fourth-order valence-electron chi connectivity index (χ4n) is 2.79. The van der Waals surface area contributed by atoms with E-state index in [4.69, 9.17) is 4.74 Å². The van der Waals surface area contributed by atoms with Crippen LogP contribution < -0.4 is 10.1 Å². The first-order chi connectivity index (χ1) is 10.2. The summed E-state index contributed by atoms with van der Waals surface area (Å²) in [5, 5.41) is 2.92. The summed E-state index contributed by atoms with van der Waals surface area (Å²) in [6, 6.07) is 7.54. The van der Waals surface area contributed by atoms with Crippen molar-refractivity contribution in [1.29, 1.82) is 0 Å². The maximum absolute atomic E-state index is 12.1. The zero-order chi connectivity index (χ0) is 14.8. The van der Waals surface area contributed by atoms with Gasteiger partial charge in [0, 0.05) is 37.0 Å². The van der Waals surface area contributed by atoms with E-state index in [1.165, 1.54) is 0 Å². The van der Waals surface area contributed by atoms with E-state index in [1.54, 1.807) is 31.4 Å². The van der Waals surface area contributed by atoms with Gasteiger partial charge in [0.05, 0.1) is 7.11 Å². The standard InChI is InChI=1S/C16H20N2O3/c1-21-14-4-2-3-12(8-14)16(20)17-9-11-7-15(19)18(10-11)13-5-6-13/h2-4,8,11,13H,5-7,9-10H2,1H3,(H,17,20).